The first-order valence-electron chi connectivity index (χ1n) is 6.05. The summed E-state index contributed by atoms with van der Waals surface area (Å²) in [5.41, 5.74) is 2.99. The minimum atomic E-state index is -0.0807. The number of rotatable bonds is 9. The summed E-state index contributed by atoms with van der Waals surface area (Å²) in [6.07, 6.45) is 0.811. The van der Waals surface area contributed by atoms with Gasteiger partial charge in [0.15, 0.2) is 6.29 Å². The SMILES string of the molecule is CCOC(CCN(C)Cc1cscn1)OCC. The van der Waals surface area contributed by atoms with Gasteiger partial charge in [-0.3, -0.25) is 0 Å². The van der Waals surface area contributed by atoms with Gasteiger partial charge >= 0.3 is 0 Å². The van der Waals surface area contributed by atoms with Crippen LogP contribution in [0.15, 0.2) is 10.9 Å². The maximum absolute atomic E-state index is 5.51. The molecule has 0 atom stereocenters. The van der Waals surface area contributed by atoms with E-state index >= 15 is 0 Å². The van der Waals surface area contributed by atoms with Crippen molar-refractivity contribution in [2.24, 2.45) is 0 Å². The smallest absolute Gasteiger partial charge is 0.158 e. The minimum absolute atomic E-state index is 0.0807. The molecule has 0 aliphatic rings. The van der Waals surface area contributed by atoms with E-state index in [-0.39, 0.29) is 6.29 Å². The zero-order valence-corrected chi connectivity index (χ0v) is 11.7. The van der Waals surface area contributed by atoms with Crippen LogP contribution in [-0.2, 0) is 16.0 Å². The van der Waals surface area contributed by atoms with E-state index in [4.69, 9.17) is 9.47 Å². The molecule has 0 N–H and O–H groups in total. The van der Waals surface area contributed by atoms with E-state index in [1.54, 1.807) is 11.3 Å². The third-order valence-electron chi connectivity index (χ3n) is 2.37. The first-order valence-corrected chi connectivity index (χ1v) is 6.99. The molecule has 0 fully saturated rings. The molecule has 0 aliphatic carbocycles. The number of aromatic nitrogens is 1. The fraction of sp³-hybridized carbons (Fsp3) is 0.750. The Morgan fingerprint density at radius 1 is 1.35 bits per heavy atom. The molecule has 5 heteroatoms. The quantitative estimate of drug-likeness (QED) is 0.637. The topological polar surface area (TPSA) is 34.6 Å². The summed E-state index contributed by atoms with van der Waals surface area (Å²) in [4.78, 5) is 6.51. The maximum Gasteiger partial charge on any atom is 0.158 e. The van der Waals surface area contributed by atoms with Gasteiger partial charge in [-0.1, -0.05) is 0 Å². The summed E-state index contributed by atoms with van der Waals surface area (Å²) in [5.74, 6) is 0. The van der Waals surface area contributed by atoms with Crippen LogP contribution >= 0.6 is 11.3 Å². The van der Waals surface area contributed by atoms with Crippen LogP contribution in [0.5, 0.6) is 0 Å². The van der Waals surface area contributed by atoms with Gasteiger partial charge in [0.1, 0.15) is 0 Å². The third kappa shape index (κ3) is 6.12. The Kier molecular flexibility index (Phi) is 7.35. The molecule has 0 saturated heterocycles. The highest BCUT2D eigenvalue weighted by atomic mass is 32.1. The molecule has 1 aromatic rings. The summed E-state index contributed by atoms with van der Waals surface area (Å²) in [7, 11) is 2.09. The second kappa shape index (κ2) is 8.58. The van der Waals surface area contributed by atoms with Crippen molar-refractivity contribution in [3.63, 3.8) is 0 Å². The van der Waals surface area contributed by atoms with Gasteiger partial charge in [-0.2, -0.15) is 0 Å². The van der Waals surface area contributed by atoms with Crippen LogP contribution in [0.4, 0.5) is 0 Å². The fourth-order valence-electron chi connectivity index (χ4n) is 1.58. The van der Waals surface area contributed by atoms with Gasteiger partial charge in [-0.15, -0.1) is 11.3 Å². The Hall–Kier alpha value is -0.490. The Balaban J connectivity index is 2.23. The molecule has 1 heterocycles. The third-order valence-corrected chi connectivity index (χ3v) is 3.00. The second-order valence-corrected chi connectivity index (χ2v) is 4.57. The molecule has 1 rings (SSSR count). The minimum Gasteiger partial charge on any atom is -0.353 e. The van der Waals surface area contributed by atoms with Gasteiger partial charge in [0.05, 0.1) is 11.2 Å². The van der Waals surface area contributed by atoms with E-state index in [1.807, 2.05) is 19.4 Å². The van der Waals surface area contributed by atoms with Crippen LogP contribution in [0.25, 0.3) is 0 Å². The van der Waals surface area contributed by atoms with Crippen LogP contribution in [0.2, 0.25) is 0 Å². The first kappa shape index (κ1) is 14.6. The van der Waals surface area contributed by atoms with Crippen LogP contribution in [-0.4, -0.2) is 43.0 Å². The summed E-state index contributed by atoms with van der Waals surface area (Å²) in [5, 5.41) is 2.08. The van der Waals surface area contributed by atoms with E-state index in [1.165, 1.54) is 0 Å². The summed E-state index contributed by atoms with van der Waals surface area (Å²) < 4.78 is 11.0. The Morgan fingerprint density at radius 3 is 2.59 bits per heavy atom. The molecule has 0 unspecified atom stereocenters. The van der Waals surface area contributed by atoms with Crippen molar-refractivity contribution >= 4 is 11.3 Å². The van der Waals surface area contributed by atoms with Crippen molar-refractivity contribution in [3.8, 4) is 0 Å². The first-order chi connectivity index (χ1) is 8.26. The summed E-state index contributed by atoms with van der Waals surface area (Å²) >= 11 is 1.64. The van der Waals surface area contributed by atoms with Crippen LogP contribution in [0, 0.1) is 0 Å². The van der Waals surface area contributed by atoms with Crippen molar-refractivity contribution in [3.05, 3.63) is 16.6 Å². The predicted molar refractivity (Wildman–Crippen MR) is 70.1 cm³/mol. The number of thiazole rings is 1. The Morgan fingerprint density at radius 2 is 2.06 bits per heavy atom. The lowest BCUT2D eigenvalue weighted by Crippen LogP contribution is -2.26. The number of ether oxygens (including phenoxy) is 2. The van der Waals surface area contributed by atoms with Crippen molar-refractivity contribution in [2.75, 3.05) is 26.8 Å². The lowest BCUT2D eigenvalue weighted by atomic mass is 10.3. The van der Waals surface area contributed by atoms with Crippen molar-refractivity contribution in [2.45, 2.75) is 33.1 Å². The molecule has 98 valence electrons. The molecule has 1 aromatic heterocycles. The van der Waals surface area contributed by atoms with Gasteiger partial charge < -0.3 is 14.4 Å². The summed E-state index contributed by atoms with van der Waals surface area (Å²) in [6.45, 7) is 7.20. The normalized spacial score (nSPS) is 11.6. The molecule has 0 aromatic carbocycles. The molecular weight excluding hydrogens is 236 g/mol. The summed E-state index contributed by atoms with van der Waals surface area (Å²) in [6, 6.07) is 0. The van der Waals surface area contributed by atoms with Crippen LogP contribution in [0.3, 0.4) is 0 Å². The molecule has 0 aliphatic heterocycles. The zero-order chi connectivity index (χ0) is 12.5. The molecule has 0 radical (unpaired) electrons. The fourth-order valence-corrected chi connectivity index (χ4v) is 2.13. The molecule has 0 spiro atoms. The van der Waals surface area contributed by atoms with E-state index in [9.17, 15) is 0 Å². The molecular formula is C12H22N2O2S. The Bertz CT molecular complexity index is 274. The molecule has 17 heavy (non-hydrogen) atoms. The predicted octanol–water partition coefficient (Wildman–Crippen LogP) is 2.36. The molecule has 0 saturated carbocycles. The number of hydrogen-bond donors (Lipinski definition) is 0. The Labute approximate surface area is 108 Å². The molecule has 0 amide bonds. The van der Waals surface area contributed by atoms with Crippen molar-refractivity contribution in [1.29, 1.82) is 0 Å². The highest BCUT2D eigenvalue weighted by molar-refractivity contribution is 7.07. The van der Waals surface area contributed by atoms with Gasteiger partial charge in [0.2, 0.25) is 0 Å². The highest BCUT2D eigenvalue weighted by Gasteiger charge is 2.10. The molecule has 4 nitrogen and oxygen atoms in total. The van der Waals surface area contributed by atoms with E-state index < -0.39 is 0 Å². The van der Waals surface area contributed by atoms with Gasteiger partial charge in [0, 0.05) is 38.1 Å². The average Bonchev–Trinajstić information content (AvgIpc) is 2.79. The lowest BCUT2D eigenvalue weighted by molar-refractivity contribution is -0.141. The second-order valence-electron chi connectivity index (χ2n) is 3.85. The lowest BCUT2D eigenvalue weighted by Gasteiger charge is -2.21. The van der Waals surface area contributed by atoms with E-state index in [0.29, 0.717) is 13.2 Å². The van der Waals surface area contributed by atoms with Gasteiger partial charge in [0.25, 0.3) is 0 Å². The van der Waals surface area contributed by atoms with Crippen molar-refractivity contribution in [1.82, 2.24) is 9.88 Å². The van der Waals surface area contributed by atoms with Crippen LogP contribution < -0.4 is 0 Å². The standard InChI is InChI=1S/C12H22N2O2S/c1-4-15-12(16-5-2)6-7-14(3)8-11-9-17-10-13-11/h9-10,12H,4-8H2,1-3H3. The van der Waals surface area contributed by atoms with Gasteiger partial charge in [-0.05, 0) is 20.9 Å². The number of hydrogen-bond acceptors (Lipinski definition) is 5. The maximum atomic E-state index is 5.51. The highest BCUT2D eigenvalue weighted by Crippen LogP contribution is 2.07. The van der Waals surface area contributed by atoms with Gasteiger partial charge in [-0.25, -0.2) is 4.98 Å². The van der Waals surface area contributed by atoms with E-state index in [0.717, 1.165) is 25.2 Å². The average molecular weight is 258 g/mol. The van der Waals surface area contributed by atoms with E-state index in [2.05, 4.69) is 22.3 Å². The van der Waals surface area contributed by atoms with Crippen molar-refractivity contribution < 1.29 is 9.47 Å². The largest absolute Gasteiger partial charge is 0.353 e. The number of nitrogens with zero attached hydrogens (tertiary/aromatic N) is 2. The zero-order valence-electron chi connectivity index (χ0n) is 10.9. The monoisotopic (exact) mass is 258 g/mol. The molecule has 0 bridgehead atoms. The van der Waals surface area contributed by atoms with Crippen LogP contribution in [0.1, 0.15) is 26.0 Å².